The Balaban J connectivity index is 1.70. The highest BCUT2D eigenvalue weighted by Crippen LogP contribution is 2.30. The number of hydrogen-bond acceptors (Lipinski definition) is 6. The van der Waals surface area contributed by atoms with E-state index in [1.807, 2.05) is 0 Å². The Morgan fingerprint density at radius 1 is 1.29 bits per heavy atom. The van der Waals surface area contributed by atoms with Crippen molar-refractivity contribution in [1.29, 1.82) is 0 Å². The minimum atomic E-state index is -4.84. The molecule has 1 unspecified atom stereocenters. The number of alkyl halides is 3. The molecule has 31 heavy (non-hydrogen) atoms. The largest absolute Gasteiger partial charge is 0.573 e. The van der Waals surface area contributed by atoms with Crippen molar-refractivity contribution in [2.24, 2.45) is 18.1 Å². The van der Waals surface area contributed by atoms with Crippen molar-refractivity contribution < 1.29 is 32.7 Å². The fourth-order valence-corrected chi connectivity index (χ4v) is 3.08. The molecule has 3 N–H and O–H groups in total. The number of oxime groups is 1. The third-order valence-electron chi connectivity index (χ3n) is 4.83. The molecule has 2 amide bonds. The monoisotopic (exact) mass is 439 g/mol. The van der Waals surface area contributed by atoms with Crippen molar-refractivity contribution in [2.45, 2.75) is 31.7 Å². The van der Waals surface area contributed by atoms with Gasteiger partial charge in [-0.15, -0.1) is 13.2 Å². The van der Waals surface area contributed by atoms with Crippen LogP contribution in [0.2, 0.25) is 0 Å². The molecule has 0 saturated heterocycles. The zero-order valence-electron chi connectivity index (χ0n) is 16.4. The minimum Gasteiger partial charge on any atom is -0.409 e. The van der Waals surface area contributed by atoms with Gasteiger partial charge in [0.1, 0.15) is 17.5 Å². The molecular weight excluding hydrogens is 419 g/mol. The number of nitrogens with zero attached hydrogens (tertiary/aromatic N) is 3. The van der Waals surface area contributed by atoms with E-state index in [0.29, 0.717) is 0 Å². The first kappa shape index (κ1) is 22.1. The molecule has 1 heterocycles. The highest BCUT2D eigenvalue weighted by Gasteiger charge is 2.35. The van der Waals surface area contributed by atoms with Crippen molar-refractivity contribution in [3.63, 3.8) is 0 Å². The predicted octanol–water partition coefficient (Wildman–Crippen LogP) is 2.17. The summed E-state index contributed by atoms with van der Waals surface area (Å²) in [6, 6.07) is 3.54. The second-order valence-electron chi connectivity index (χ2n) is 7.08. The first-order valence-electron chi connectivity index (χ1n) is 9.34. The van der Waals surface area contributed by atoms with E-state index in [1.165, 1.54) is 24.7 Å². The van der Waals surface area contributed by atoms with Crippen LogP contribution in [0.3, 0.4) is 0 Å². The van der Waals surface area contributed by atoms with Crippen LogP contribution in [-0.4, -0.2) is 44.8 Å². The molecule has 0 aliphatic heterocycles. The number of amidine groups is 1. The van der Waals surface area contributed by atoms with E-state index >= 15 is 0 Å². The molecule has 2 aromatic rings. The van der Waals surface area contributed by atoms with E-state index in [9.17, 15) is 28.0 Å². The van der Waals surface area contributed by atoms with Crippen LogP contribution in [0.1, 0.15) is 35.3 Å². The predicted molar refractivity (Wildman–Crippen MR) is 101 cm³/mol. The molecule has 1 atom stereocenters. The first-order valence-corrected chi connectivity index (χ1v) is 9.34. The van der Waals surface area contributed by atoms with E-state index < -0.39 is 30.0 Å². The number of carbonyl (C=O) groups excluding carboxylic acids is 2. The highest BCUT2D eigenvalue weighted by atomic mass is 19.4. The zero-order valence-corrected chi connectivity index (χ0v) is 16.4. The van der Waals surface area contributed by atoms with Crippen molar-refractivity contribution >= 4 is 17.6 Å². The summed E-state index contributed by atoms with van der Waals surface area (Å²) < 4.78 is 42.2. The van der Waals surface area contributed by atoms with Crippen molar-refractivity contribution in [3.05, 3.63) is 48.0 Å². The lowest BCUT2D eigenvalue weighted by molar-refractivity contribution is -0.274. The molecule has 1 aromatic carbocycles. The first-order chi connectivity index (χ1) is 14.7. The quantitative estimate of drug-likeness (QED) is 0.276. The Bertz CT molecular complexity index is 968. The molecule has 1 aromatic heterocycles. The summed E-state index contributed by atoms with van der Waals surface area (Å²) in [6.45, 7) is 0. The highest BCUT2D eigenvalue weighted by molar-refractivity contribution is 6.09. The number of benzene rings is 1. The van der Waals surface area contributed by atoms with E-state index in [1.54, 1.807) is 11.6 Å². The molecule has 1 aliphatic rings. The van der Waals surface area contributed by atoms with E-state index in [2.05, 4.69) is 25.5 Å². The number of halogens is 3. The number of ether oxygens (including phenoxy) is 1. The molecule has 3 rings (SSSR count). The van der Waals surface area contributed by atoms with Gasteiger partial charge in [0.15, 0.2) is 5.84 Å². The summed E-state index contributed by atoms with van der Waals surface area (Å²) in [5, 5.41) is 17.4. The van der Waals surface area contributed by atoms with E-state index in [4.69, 9.17) is 0 Å². The Kier molecular flexibility index (Phi) is 6.47. The number of nitrogens with one attached hydrogen (secondary N) is 2. The SMILES string of the molecule is Cn1cnc(C(=O)NC(C(=O)NC(=NO)c2ccc(OC(F)(F)F)cc2)C2CCC2)c1. The maximum atomic E-state index is 12.8. The van der Waals surface area contributed by atoms with Gasteiger partial charge in [0, 0.05) is 18.8 Å². The van der Waals surface area contributed by atoms with Gasteiger partial charge in [-0.05, 0) is 43.0 Å². The number of aromatic nitrogens is 2. The Labute approximate surface area is 174 Å². The fourth-order valence-electron chi connectivity index (χ4n) is 3.08. The van der Waals surface area contributed by atoms with Crippen LogP contribution in [0.25, 0.3) is 0 Å². The van der Waals surface area contributed by atoms with Crippen molar-refractivity contribution in [1.82, 2.24) is 20.2 Å². The number of aryl methyl sites for hydroxylation is 1. The average Bonchev–Trinajstić information content (AvgIpc) is 3.10. The fraction of sp³-hybridized carbons (Fsp3) is 0.368. The van der Waals surface area contributed by atoms with Gasteiger partial charge in [0.05, 0.1) is 6.33 Å². The smallest absolute Gasteiger partial charge is 0.409 e. The number of imidazole rings is 1. The molecule has 12 heteroatoms. The summed E-state index contributed by atoms with van der Waals surface area (Å²) in [5.74, 6) is -1.98. The number of amides is 2. The second-order valence-corrected chi connectivity index (χ2v) is 7.08. The normalized spacial score (nSPS) is 15.7. The number of carbonyl (C=O) groups is 2. The Hall–Kier alpha value is -3.57. The van der Waals surface area contributed by atoms with E-state index in [0.717, 1.165) is 31.4 Å². The molecule has 0 radical (unpaired) electrons. The van der Waals surface area contributed by atoms with Gasteiger partial charge in [0.2, 0.25) is 5.91 Å². The van der Waals surface area contributed by atoms with Gasteiger partial charge in [-0.1, -0.05) is 11.6 Å². The lowest BCUT2D eigenvalue weighted by Crippen LogP contribution is -2.53. The molecule has 1 fully saturated rings. The molecule has 166 valence electrons. The van der Waals surface area contributed by atoms with Gasteiger partial charge < -0.3 is 25.1 Å². The third-order valence-corrected chi connectivity index (χ3v) is 4.83. The second kappa shape index (κ2) is 9.06. The van der Waals surface area contributed by atoms with Gasteiger partial charge in [0.25, 0.3) is 5.91 Å². The van der Waals surface area contributed by atoms with Crippen LogP contribution >= 0.6 is 0 Å². The molecular formula is C19H20F3N5O4. The van der Waals surface area contributed by atoms with Gasteiger partial charge in [-0.25, -0.2) is 4.98 Å². The van der Waals surface area contributed by atoms with Gasteiger partial charge in [-0.3, -0.25) is 9.59 Å². The maximum absolute atomic E-state index is 12.8. The Morgan fingerprint density at radius 2 is 1.97 bits per heavy atom. The summed E-state index contributed by atoms with van der Waals surface area (Å²) in [4.78, 5) is 29.2. The topological polar surface area (TPSA) is 118 Å². The van der Waals surface area contributed by atoms with Crippen LogP contribution in [0.5, 0.6) is 5.75 Å². The standard InChI is InChI=1S/C19H20F3N5O4/c1-27-9-14(23-10-27)17(28)24-15(11-3-2-4-11)18(29)25-16(26-30)12-5-7-13(8-6-12)31-19(20,21)22/h5-11,15,30H,2-4H2,1H3,(H,24,28)(H,25,26,29). The third kappa shape index (κ3) is 5.74. The molecule has 1 aliphatic carbocycles. The zero-order chi connectivity index (χ0) is 22.6. The van der Waals surface area contributed by atoms with Crippen LogP contribution in [0.4, 0.5) is 13.2 Å². The molecule has 1 saturated carbocycles. The van der Waals surface area contributed by atoms with E-state index in [-0.39, 0.29) is 23.0 Å². The number of hydrogen-bond donors (Lipinski definition) is 3. The molecule has 9 nitrogen and oxygen atoms in total. The van der Waals surface area contributed by atoms with Crippen LogP contribution in [0.15, 0.2) is 41.9 Å². The Morgan fingerprint density at radius 3 is 2.45 bits per heavy atom. The molecule has 0 bridgehead atoms. The van der Waals surface area contributed by atoms with Crippen LogP contribution in [-0.2, 0) is 11.8 Å². The van der Waals surface area contributed by atoms with Gasteiger partial charge >= 0.3 is 6.36 Å². The van der Waals surface area contributed by atoms with Crippen molar-refractivity contribution in [3.8, 4) is 5.75 Å². The van der Waals surface area contributed by atoms with Crippen LogP contribution < -0.4 is 15.4 Å². The average molecular weight is 439 g/mol. The minimum absolute atomic E-state index is 0.102. The molecule has 0 spiro atoms. The summed E-state index contributed by atoms with van der Waals surface area (Å²) in [7, 11) is 1.70. The summed E-state index contributed by atoms with van der Waals surface area (Å²) >= 11 is 0. The maximum Gasteiger partial charge on any atom is 0.573 e. The van der Waals surface area contributed by atoms with Crippen molar-refractivity contribution in [2.75, 3.05) is 0 Å². The lowest BCUT2D eigenvalue weighted by Gasteiger charge is -2.33. The summed E-state index contributed by atoms with van der Waals surface area (Å²) in [5.41, 5.74) is 0.296. The number of rotatable bonds is 6. The lowest BCUT2D eigenvalue weighted by atomic mass is 9.79. The van der Waals surface area contributed by atoms with Gasteiger partial charge in [-0.2, -0.15) is 0 Å². The van der Waals surface area contributed by atoms with Crippen LogP contribution in [0, 0.1) is 5.92 Å². The summed E-state index contributed by atoms with van der Waals surface area (Å²) in [6.07, 6.45) is 0.499.